The van der Waals surface area contributed by atoms with Crippen LogP contribution in [0.1, 0.15) is 44.9 Å². The fraction of sp³-hybridized carbons (Fsp3) is 0.500. The highest BCUT2D eigenvalue weighted by Crippen LogP contribution is 2.39. The molecular formula is C16H22Cl2N6O. The topological polar surface area (TPSA) is 98.7 Å². The van der Waals surface area contributed by atoms with E-state index in [1.54, 1.807) is 22.9 Å². The van der Waals surface area contributed by atoms with Gasteiger partial charge in [0.1, 0.15) is 0 Å². The van der Waals surface area contributed by atoms with E-state index in [1.807, 2.05) is 13.8 Å². The molecule has 1 aliphatic rings. The maximum absolute atomic E-state index is 12.2. The predicted octanol–water partition coefficient (Wildman–Crippen LogP) is 2.93. The molecule has 1 heterocycles. The molecule has 9 heteroatoms. The molecule has 0 unspecified atom stereocenters. The lowest BCUT2D eigenvalue weighted by atomic mass is 10.0. The molecule has 2 aromatic rings. The van der Waals surface area contributed by atoms with Gasteiger partial charge in [-0.15, -0.1) is 17.5 Å². The Morgan fingerprint density at radius 2 is 2.16 bits per heavy atom. The number of tetrazole rings is 1. The van der Waals surface area contributed by atoms with Crippen LogP contribution in [0.25, 0.3) is 5.69 Å². The largest absolute Gasteiger partial charge is 0.325 e. The van der Waals surface area contributed by atoms with Crippen LogP contribution in [0.3, 0.4) is 0 Å². The number of carbonyl (C=O) groups is 1. The Morgan fingerprint density at radius 1 is 1.44 bits per heavy atom. The van der Waals surface area contributed by atoms with Gasteiger partial charge >= 0.3 is 0 Å². The minimum Gasteiger partial charge on any atom is -0.325 e. The van der Waals surface area contributed by atoms with E-state index in [4.69, 9.17) is 17.3 Å². The van der Waals surface area contributed by atoms with Crippen molar-refractivity contribution in [2.24, 2.45) is 11.7 Å². The first-order valence-electron chi connectivity index (χ1n) is 8.10. The zero-order chi connectivity index (χ0) is 17.3. The van der Waals surface area contributed by atoms with Crippen molar-refractivity contribution in [3.05, 3.63) is 29.0 Å². The number of nitrogens with zero attached hydrogens (tertiary/aromatic N) is 4. The number of carbonyl (C=O) groups excluding carboxylic acids is 1. The fourth-order valence-electron chi connectivity index (χ4n) is 2.56. The molecule has 1 aromatic carbocycles. The number of amides is 1. The number of rotatable bonds is 6. The highest BCUT2D eigenvalue weighted by molar-refractivity contribution is 6.32. The Morgan fingerprint density at radius 3 is 2.80 bits per heavy atom. The van der Waals surface area contributed by atoms with Gasteiger partial charge in [0.2, 0.25) is 5.91 Å². The summed E-state index contributed by atoms with van der Waals surface area (Å²) < 4.78 is 1.64. The molecule has 1 aliphatic carbocycles. The zero-order valence-corrected chi connectivity index (χ0v) is 15.7. The molecule has 0 aliphatic heterocycles. The van der Waals surface area contributed by atoms with Crippen molar-refractivity contribution in [3.63, 3.8) is 0 Å². The van der Waals surface area contributed by atoms with Crippen molar-refractivity contribution >= 4 is 35.6 Å². The maximum atomic E-state index is 12.2. The smallest absolute Gasteiger partial charge is 0.241 e. The van der Waals surface area contributed by atoms with Gasteiger partial charge in [0.25, 0.3) is 0 Å². The summed E-state index contributed by atoms with van der Waals surface area (Å²) in [7, 11) is 0. The zero-order valence-electron chi connectivity index (χ0n) is 14.1. The van der Waals surface area contributed by atoms with Crippen molar-refractivity contribution in [2.75, 3.05) is 5.32 Å². The van der Waals surface area contributed by atoms with Gasteiger partial charge in [-0.1, -0.05) is 25.4 Å². The third kappa shape index (κ3) is 4.68. The van der Waals surface area contributed by atoms with E-state index < -0.39 is 6.04 Å². The van der Waals surface area contributed by atoms with Gasteiger partial charge in [-0.25, -0.2) is 0 Å². The number of benzene rings is 1. The van der Waals surface area contributed by atoms with Crippen molar-refractivity contribution < 1.29 is 4.79 Å². The average Bonchev–Trinajstić information content (AvgIpc) is 3.26. The standard InChI is InChI=1S/C16H21ClN6O.ClH/c1-9(2)7-13(18)16(24)19-11-5-6-12(17)14(8-11)23-15(10-3-4-10)20-21-22-23;/h5-6,8-10,13H,3-4,7,18H2,1-2H3,(H,19,24);1H/t13-;/m0./s1. The highest BCUT2D eigenvalue weighted by Gasteiger charge is 2.30. The minimum absolute atomic E-state index is 0. The number of nitrogens with two attached hydrogens (primary N) is 1. The molecule has 0 saturated heterocycles. The summed E-state index contributed by atoms with van der Waals surface area (Å²) in [5, 5.41) is 15.2. The Kier molecular flexibility index (Phi) is 6.37. The van der Waals surface area contributed by atoms with Gasteiger partial charge < -0.3 is 11.1 Å². The van der Waals surface area contributed by atoms with Gasteiger partial charge in [0.05, 0.1) is 16.8 Å². The summed E-state index contributed by atoms with van der Waals surface area (Å²) >= 11 is 6.30. The van der Waals surface area contributed by atoms with Crippen LogP contribution in [0.15, 0.2) is 18.2 Å². The van der Waals surface area contributed by atoms with Crippen LogP contribution < -0.4 is 11.1 Å². The quantitative estimate of drug-likeness (QED) is 0.797. The van der Waals surface area contributed by atoms with Crippen LogP contribution in [0.4, 0.5) is 5.69 Å². The summed E-state index contributed by atoms with van der Waals surface area (Å²) in [6.07, 6.45) is 2.79. The summed E-state index contributed by atoms with van der Waals surface area (Å²) in [6.45, 7) is 4.06. The monoisotopic (exact) mass is 384 g/mol. The van der Waals surface area contributed by atoms with E-state index in [9.17, 15) is 4.79 Å². The maximum Gasteiger partial charge on any atom is 0.241 e. The van der Waals surface area contributed by atoms with E-state index in [-0.39, 0.29) is 18.3 Å². The summed E-state index contributed by atoms with van der Waals surface area (Å²) in [5.74, 6) is 1.33. The number of nitrogens with one attached hydrogen (secondary N) is 1. The highest BCUT2D eigenvalue weighted by atomic mass is 35.5. The lowest BCUT2D eigenvalue weighted by Crippen LogP contribution is -2.36. The second-order valence-electron chi connectivity index (χ2n) is 6.61. The van der Waals surface area contributed by atoms with Gasteiger partial charge in [0.15, 0.2) is 5.82 Å². The Labute approximate surface area is 157 Å². The van der Waals surface area contributed by atoms with Gasteiger partial charge in [-0.05, 0) is 53.8 Å². The lowest BCUT2D eigenvalue weighted by molar-refractivity contribution is -0.117. The molecule has 1 amide bonds. The molecule has 7 nitrogen and oxygen atoms in total. The number of halogens is 2. The molecular weight excluding hydrogens is 363 g/mol. The van der Waals surface area contributed by atoms with E-state index in [0.717, 1.165) is 18.7 Å². The van der Waals surface area contributed by atoms with Crippen molar-refractivity contribution in [3.8, 4) is 5.69 Å². The van der Waals surface area contributed by atoms with Crippen molar-refractivity contribution in [2.45, 2.75) is 45.1 Å². The summed E-state index contributed by atoms with van der Waals surface area (Å²) in [5.41, 5.74) is 7.20. The molecule has 1 fully saturated rings. The molecule has 0 spiro atoms. The van der Waals surface area contributed by atoms with Crippen LogP contribution in [0.2, 0.25) is 5.02 Å². The van der Waals surface area contributed by atoms with Crippen LogP contribution in [0, 0.1) is 5.92 Å². The minimum atomic E-state index is -0.542. The molecule has 3 N–H and O–H groups in total. The van der Waals surface area contributed by atoms with Gasteiger partial charge in [-0.2, -0.15) is 4.68 Å². The van der Waals surface area contributed by atoms with E-state index in [2.05, 4.69) is 20.8 Å². The first-order chi connectivity index (χ1) is 11.5. The molecule has 3 rings (SSSR count). The molecule has 25 heavy (non-hydrogen) atoms. The Balaban J connectivity index is 0.00000225. The third-order valence-electron chi connectivity index (χ3n) is 3.94. The Bertz CT molecular complexity index is 744. The normalized spacial score (nSPS) is 14.9. The number of aromatic nitrogens is 4. The number of hydrogen-bond donors (Lipinski definition) is 2. The van der Waals surface area contributed by atoms with Gasteiger partial charge in [-0.3, -0.25) is 4.79 Å². The third-order valence-corrected chi connectivity index (χ3v) is 4.26. The fourth-order valence-corrected chi connectivity index (χ4v) is 2.76. The summed E-state index contributed by atoms with van der Waals surface area (Å²) in [4.78, 5) is 12.2. The molecule has 1 saturated carbocycles. The van der Waals surface area contributed by atoms with Gasteiger partial charge in [0, 0.05) is 11.6 Å². The first kappa shape index (κ1) is 19.6. The molecule has 136 valence electrons. The molecule has 0 bridgehead atoms. The molecule has 1 aromatic heterocycles. The van der Waals surface area contributed by atoms with E-state index >= 15 is 0 Å². The SMILES string of the molecule is CC(C)C[C@H](N)C(=O)Nc1ccc(Cl)c(-n2nnnc2C2CC2)c1.Cl. The van der Waals surface area contributed by atoms with E-state index in [0.29, 0.717) is 34.7 Å². The summed E-state index contributed by atoms with van der Waals surface area (Å²) in [6, 6.07) is 4.69. The van der Waals surface area contributed by atoms with Crippen LogP contribution in [-0.4, -0.2) is 32.2 Å². The van der Waals surface area contributed by atoms with Crippen molar-refractivity contribution in [1.82, 2.24) is 20.2 Å². The Hall–Kier alpha value is -1.70. The average molecular weight is 385 g/mol. The van der Waals surface area contributed by atoms with E-state index in [1.165, 1.54) is 0 Å². The van der Waals surface area contributed by atoms with Crippen LogP contribution in [-0.2, 0) is 4.79 Å². The lowest BCUT2D eigenvalue weighted by Gasteiger charge is -2.15. The predicted molar refractivity (Wildman–Crippen MR) is 99.4 cm³/mol. The van der Waals surface area contributed by atoms with Crippen molar-refractivity contribution in [1.29, 1.82) is 0 Å². The van der Waals surface area contributed by atoms with Crippen LogP contribution >= 0.6 is 24.0 Å². The second kappa shape index (κ2) is 8.12. The first-order valence-corrected chi connectivity index (χ1v) is 8.48. The molecule has 1 atom stereocenters. The number of anilines is 1. The molecule has 0 radical (unpaired) electrons. The van der Waals surface area contributed by atoms with Crippen LogP contribution in [0.5, 0.6) is 0 Å². The second-order valence-corrected chi connectivity index (χ2v) is 7.02. The number of hydrogen-bond acceptors (Lipinski definition) is 5.